The normalized spacial score (nSPS) is 11.0. The van der Waals surface area contributed by atoms with Crippen molar-refractivity contribution in [3.05, 3.63) is 25.3 Å². The van der Waals surface area contributed by atoms with Crippen LogP contribution in [0.25, 0.3) is 0 Å². The predicted molar refractivity (Wildman–Crippen MR) is 55.3 cm³/mol. The quantitative estimate of drug-likeness (QED) is 0.528. The SMILES string of the molecule is C=CCOC(=O)N[C@@H](C)C(=O)OCC=C. The molecular formula is C10H15NO4. The Hall–Kier alpha value is -1.78. The first-order valence-corrected chi connectivity index (χ1v) is 4.43. The van der Waals surface area contributed by atoms with Crippen molar-refractivity contribution in [3.63, 3.8) is 0 Å². The van der Waals surface area contributed by atoms with Crippen LogP contribution >= 0.6 is 0 Å². The average molecular weight is 213 g/mol. The maximum Gasteiger partial charge on any atom is 0.408 e. The highest BCUT2D eigenvalue weighted by Gasteiger charge is 2.16. The molecule has 0 fully saturated rings. The van der Waals surface area contributed by atoms with Gasteiger partial charge in [-0.2, -0.15) is 0 Å². The summed E-state index contributed by atoms with van der Waals surface area (Å²) >= 11 is 0. The van der Waals surface area contributed by atoms with Gasteiger partial charge >= 0.3 is 12.1 Å². The van der Waals surface area contributed by atoms with Crippen LogP contribution in [0.2, 0.25) is 0 Å². The fourth-order valence-electron chi connectivity index (χ4n) is 0.678. The minimum absolute atomic E-state index is 0.0975. The molecule has 0 saturated heterocycles. The van der Waals surface area contributed by atoms with Gasteiger partial charge in [-0.1, -0.05) is 25.3 Å². The van der Waals surface area contributed by atoms with Crippen LogP contribution in [0.4, 0.5) is 4.79 Å². The van der Waals surface area contributed by atoms with Crippen molar-refractivity contribution in [1.82, 2.24) is 5.32 Å². The highest BCUT2D eigenvalue weighted by atomic mass is 16.6. The summed E-state index contributed by atoms with van der Waals surface area (Å²) in [6.45, 7) is 8.49. The maximum absolute atomic E-state index is 11.2. The molecule has 0 bridgehead atoms. The Labute approximate surface area is 88.7 Å². The first-order chi connectivity index (χ1) is 7.11. The molecule has 0 radical (unpaired) electrons. The van der Waals surface area contributed by atoms with E-state index in [0.717, 1.165) is 0 Å². The van der Waals surface area contributed by atoms with E-state index in [2.05, 4.69) is 23.2 Å². The molecule has 0 aromatic heterocycles. The summed E-state index contributed by atoms with van der Waals surface area (Å²) in [5.41, 5.74) is 0. The topological polar surface area (TPSA) is 64.6 Å². The van der Waals surface area contributed by atoms with Gasteiger partial charge in [0.15, 0.2) is 0 Å². The zero-order chi connectivity index (χ0) is 11.7. The van der Waals surface area contributed by atoms with E-state index in [1.165, 1.54) is 19.1 Å². The van der Waals surface area contributed by atoms with Crippen molar-refractivity contribution in [2.45, 2.75) is 13.0 Å². The number of hydrogen-bond acceptors (Lipinski definition) is 4. The summed E-state index contributed by atoms with van der Waals surface area (Å²) in [5.74, 6) is -0.537. The summed E-state index contributed by atoms with van der Waals surface area (Å²) in [4.78, 5) is 22.1. The monoisotopic (exact) mass is 213 g/mol. The molecule has 0 saturated carbocycles. The second-order valence-corrected chi connectivity index (χ2v) is 2.67. The molecule has 0 unspecified atom stereocenters. The number of nitrogens with one attached hydrogen (secondary N) is 1. The van der Waals surface area contributed by atoms with Crippen molar-refractivity contribution in [1.29, 1.82) is 0 Å². The number of carbonyl (C=O) groups excluding carboxylic acids is 2. The van der Waals surface area contributed by atoms with Gasteiger partial charge in [-0.25, -0.2) is 9.59 Å². The average Bonchev–Trinajstić information content (AvgIpc) is 2.22. The van der Waals surface area contributed by atoms with Crippen LogP contribution in [0.5, 0.6) is 0 Å². The van der Waals surface area contributed by atoms with E-state index in [1.807, 2.05) is 0 Å². The molecule has 0 aliphatic carbocycles. The Morgan fingerprint density at radius 1 is 1.27 bits per heavy atom. The highest BCUT2D eigenvalue weighted by molar-refractivity contribution is 5.80. The van der Waals surface area contributed by atoms with Crippen LogP contribution in [-0.2, 0) is 14.3 Å². The summed E-state index contributed by atoms with van der Waals surface area (Å²) in [5, 5.41) is 2.31. The van der Waals surface area contributed by atoms with Crippen LogP contribution in [0, 0.1) is 0 Å². The van der Waals surface area contributed by atoms with Gasteiger partial charge in [0.25, 0.3) is 0 Å². The van der Waals surface area contributed by atoms with Crippen molar-refractivity contribution < 1.29 is 19.1 Å². The second-order valence-electron chi connectivity index (χ2n) is 2.67. The molecule has 1 amide bonds. The molecule has 1 N–H and O–H groups in total. The Balaban J connectivity index is 3.84. The van der Waals surface area contributed by atoms with E-state index in [-0.39, 0.29) is 13.2 Å². The van der Waals surface area contributed by atoms with E-state index in [1.54, 1.807) is 0 Å². The number of carbonyl (C=O) groups is 2. The van der Waals surface area contributed by atoms with Gasteiger partial charge in [0, 0.05) is 0 Å². The van der Waals surface area contributed by atoms with E-state index >= 15 is 0 Å². The lowest BCUT2D eigenvalue weighted by Gasteiger charge is -2.11. The molecule has 0 aliphatic heterocycles. The number of alkyl carbamates (subject to hydrolysis) is 1. The molecule has 84 valence electrons. The number of rotatable bonds is 6. The van der Waals surface area contributed by atoms with Gasteiger partial charge in [-0.15, -0.1) is 0 Å². The Kier molecular flexibility index (Phi) is 6.70. The van der Waals surface area contributed by atoms with Crippen molar-refractivity contribution in [2.24, 2.45) is 0 Å². The Morgan fingerprint density at radius 2 is 1.80 bits per heavy atom. The first kappa shape index (κ1) is 13.2. The molecule has 5 nitrogen and oxygen atoms in total. The van der Waals surface area contributed by atoms with Crippen molar-refractivity contribution >= 4 is 12.1 Å². The van der Waals surface area contributed by atoms with Gasteiger partial charge in [0.1, 0.15) is 19.3 Å². The molecular weight excluding hydrogens is 198 g/mol. The fourth-order valence-corrected chi connectivity index (χ4v) is 0.678. The Bertz CT molecular complexity index is 250. The first-order valence-electron chi connectivity index (χ1n) is 4.43. The molecule has 0 spiro atoms. The minimum atomic E-state index is -0.748. The molecule has 0 heterocycles. The number of esters is 1. The summed E-state index contributed by atoms with van der Waals surface area (Å²) in [6.07, 6.45) is 2.19. The van der Waals surface area contributed by atoms with E-state index < -0.39 is 18.1 Å². The third kappa shape index (κ3) is 6.31. The number of hydrogen-bond donors (Lipinski definition) is 1. The molecule has 1 atom stereocenters. The summed E-state index contributed by atoms with van der Waals surface area (Å²) in [7, 11) is 0. The number of amides is 1. The van der Waals surface area contributed by atoms with Crippen LogP contribution < -0.4 is 5.32 Å². The van der Waals surface area contributed by atoms with Gasteiger partial charge in [-0.05, 0) is 6.92 Å². The lowest BCUT2D eigenvalue weighted by atomic mass is 10.3. The zero-order valence-electron chi connectivity index (χ0n) is 8.69. The molecule has 0 aromatic rings. The third-order valence-electron chi connectivity index (χ3n) is 1.36. The van der Waals surface area contributed by atoms with Crippen LogP contribution in [0.15, 0.2) is 25.3 Å². The van der Waals surface area contributed by atoms with Crippen LogP contribution in [0.3, 0.4) is 0 Å². The van der Waals surface area contributed by atoms with Gasteiger partial charge in [-0.3, -0.25) is 0 Å². The van der Waals surface area contributed by atoms with E-state index in [9.17, 15) is 9.59 Å². The van der Waals surface area contributed by atoms with Gasteiger partial charge < -0.3 is 14.8 Å². The zero-order valence-corrected chi connectivity index (χ0v) is 8.69. The second kappa shape index (κ2) is 7.61. The van der Waals surface area contributed by atoms with Gasteiger partial charge in [0.2, 0.25) is 0 Å². The largest absolute Gasteiger partial charge is 0.460 e. The summed E-state index contributed by atoms with van der Waals surface area (Å²) in [6, 6.07) is -0.748. The molecule has 0 rings (SSSR count). The molecule has 15 heavy (non-hydrogen) atoms. The standard InChI is InChI=1S/C10H15NO4/c1-4-6-14-9(12)8(3)11-10(13)15-7-5-2/h4-5,8H,1-2,6-7H2,3H3,(H,11,13)/t8-/m0/s1. The molecule has 0 aliphatic rings. The lowest BCUT2D eigenvalue weighted by molar-refractivity contribution is -0.144. The number of ether oxygens (including phenoxy) is 2. The van der Waals surface area contributed by atoms with Crippen LogP contribution in [-0.4, -0.2) is 31.3 Å². The lowest BCUT2D eigenvalue weighted by Crippen LogP contribution is -2.39. The Morgan fingerprint density at radius 3 is 2.33 bits per heavy atom. The molecule has 5 heteroatoms. The third-order valence-corrected chi connectivity index (χ3v) is 1.36. The van der Waals surface area contributed by atoms with E-state index in [0.29, 0.717) is 0 Å². The van der Waals surface area contributed by atoms with Crippen molar-refractivity contribution in [2.75, 3.05) is 13.2 Å². The maximum atomic E-state index is 11.2. The summed E-state index contributed by atoms with van der Waals surface area (Å²) < 4.78 is 9.33. The van der Waals surface area contributed by atoms with Crippen LogP contribution in [0.1, 0.15) is 6.92 Å². The fraction of sp³-hybridized carbons (Fsp3) is 0.400. The van der Waals surface area contributed by atoms with Gasteiger partial charge in [0.05, 0.1) is 0 Å². The van der Waals surface area contributed by atoms with Crippen molar-refractivity contribution in [3.8, 4) is 0 Å². The highest BCUT2D eigenvalue weighted by Crippen LogP contribution is 1.90. The smallest absolute Gasteiger partial charge is 0.408 e. The minimum Gasteiger partial charge on any atom is -0.460 e. The molecule has 0 aromatic carbocycles. The van der Waals surface area contributed by atoms with E-state index in [4.69, 9.17) is 4.74 Å². The predicted octanol–water partition coefficient (Wildman–Crippen LogP) is 1.02.